The number of hydrogen-bond donors (Lipinski definition) is 0. The van der Waals surface area contributed by atoms with Gasteiger partial charge in [-0.1, -0.05) is 11.6 Å². The maximum absolute atomic E-state index is 13.7. The van der Waals surface area contributed by atoms with Crippen LogP contribution in [0.4, 0.5) is 4.39 Å². The molecule has 0 amide bonds. The molecule has 0 spiro atoms. The van der Waals surface area contributed by atoms with Crippen LogP contribution < -0.4 is 4.74 Å². The van der Waals surface area contributed by atoms with E-state index in [1.807, 2.05) is 0 Å². The molecule has 0 fully saturated rings. The number of benzene rings is 1. The largest absolute Gasteiger partial charge is 0.438 e. The number of aromatic nitrogens is 3. The summed E-state index contributed by atoms with van der Waals surface area (Å²) in [6.45, 7) is 0.133. The Morgan fingerprint density at radius 3 is 2.85 bits per heavy atom. The van der Waals surface area contributed by atoms with Gasteiger partial charge in [0.1, 0.15) is 22.7 Å². The summed E-state index contributed by atoms with van der Waals surface area (Å²) in [5, 5.41) is 4.20. The molecule has 0 N–H and O–H groups in total. The second-order valence-corrected chi connectivity index (χ2v) is 10.7. The van der Waals surface area contributed by atoms with Gasteiger partial charge >= 0.3 is 0 Å². The first kappa shape index (κ1) is 23.8. The minimum atomic E-state index is -3.91. The summed E-state index contributed by atoms with van der Waals surface area (Å²) in [6.07, 6.45) is 5.73. The maximum Gasteiger partial charge on any atom is 0.244 e. The fourth-order valence-corrected chi connectivity index (χ4v) is 5.85. The van der Waals surface area contributed by atoms with Crippen LogP contribution in [0.1, 0.15) is 30.1 Å². The van der Waals surface area contributed by atoms with Crippen LogP contribution in [0.25, 0.3) is 0 Å². The summed E-state index contributed by atoms with van der Waals surface area (Å²) in [4.78, 5) is 15.0. The highest BCUT2D eigenvalue weighted by molar-refractivity contribution is 9.10. The van der Waals surface area contributed by atoms with E-state index < -0.39 is 21.9 Å². The summed E-state index contributed by atoms with van der Waals surface area (Å²) in [6, 6.07) is 4.92. The van der Waals surface area contributed by atoms with Crippen molar-refractivity contribution in [1.29, 1.82) is 0 Å². The molecule has 0 unspecified atom stereocenters. The zero-order chi connectivity index (χ0) is 23.8. The van der Waals surface area contributed by atoms with Crippen molar-refractivity contribution in [3.05, 3.63) is 63.2 Å². The van der Waals surface area contributed by atoms with Crippen molar-refractivity contribution in [2.75, 3.05) is 7.05 Å². The molecule has 1 atom stereocenters. The number of halogens is 3. The van der Waals surface area contributed by atoms with Gasteiger partial charge in [0.2, 0.25) is 15.9 Å². The fourth-order valence-electron chi connectivity index (χ4n) is 3.81. The summed E-state index contributed by atoms with van der Waals surface area (Å²) >= 11 is 8.97. The van der Waals surface area contributed by atoms with Crippen LogP contribution in [0, 0.1) is 5.82 Å². The number of pyridine rings is 1. The minimum Gasteiger partial charge on any atom is -0.438 e. The molecule has 0 radical (unpaired) electrons. The molecule has 33 heavy (non-hydrogen) atoms. The highest BCUT2D eigenvalue weighted by Crippen LogP contribution is 2.37. The predicted molar refractivity (Wildman–Crippen MR) is 122 cm³/mol. The number of fused-ring (bicyclic) bond motifs is 1. The van der Waals surface area contributed by atoms with Crippen molar-refractivity contribution in [3.63, 3.8) is 0 Å². The molecule has 2 heterocycles. The van der Waals surface area contributed by atoms with Crippen molar-refractivity contribution in [3.8, 4) is 11.6 Å². The number of ether oxygens (including phenoxy) is 1. The number of carbonyl (C=O) groups excluding carboxylic acids is 1. The van der Waals surface area contributed by atoms with Crippen LogP contribution in [0.2, 0.25) is 5.02 Å². The van der Waals surface area contributed by atoms with E-state index in [1.165, 1.54) is 35.7 Å². The van der Waals surface area contributed by atoms with Crippen molar-refractivity contribution in [2.45, 2.75) is 36.7 Å². The quantitative estimate of drug-likeness (QED) is 0.397. The maximum atomic E-state index is 13.7. The van der Waals surface area contributed by atoms with E-state index in [1.54, 1.807) is 10.9 Å². The number of nitrogens with zero attached hydrogens (tertiary/aromatic N) is 4. The van der Waals surface area contributed by atoms with E-state index in [9.17, 15) is 17.6 Å². The number of hydrogen-bond acceptors (Lipinski definition) is 6. The van der Waals surface area contributed by atoms with Gasteiger partial charge in [-0.2, -0.15) is 9.40 Å². The van der Waals surface area contributed by atoms with E-state index in [0.29, 0.717) is 6.42 Å². The molecule has 174 valence electrons. The smallest absolute Gasteiger partial charge is 0.244 e. The second-order valence-electron chi connectivity index (χ2n) is 7.46. The van der Waals surface area contributed by atoms with Crippen molar-refractivity contribution < 1.29 is 22.3 Å². The van der Waals surface area contributed by atoms with Gasteiger partial charge in [0.05, 0.1) is 34.5 Å². The Hall–Kier alpha value is -2.34. The van der Waals surface area contributed by atoms with Crippen molar-refractivity contribution in [1.82, 2.24) is 19.1 Å². The van der Waals surface area contributed by atoms with Crippen LogP contribution in [0.5, 0.6) is 11.6 Å². The second kappa shape index (κ2) is 9.49. The Bertz CT molecular complexity index is 1320. The first-order chi connectivity index (χ1) is 15.7. The fraction of sp³-hybridized carbons (Fsp3) is 0.286. The molecule has 8 nitrogen and oxygen atoms in total. The lowest BCUT2D eigenvalue weighted by molar-refractivity contribution is -0.108. The van der Waals surface area contributed by atoms with E-state index in [0.717, 1.165) is 36.5 Å². The number of rotatable bonds is 7. The normalized spacial score (nSPS) is 16.0. The Kier molecular flexibility index (Phi) is 6.85. The van der Waals surface area contributed by atoms with E-state index >= 15 is 0 Å². The predicted octanol–water partition coefficient (Wildman–Crippen LogP) is 4.52. The number of aldehydes is 1. The van der Waals surface area contributed by atoms with E-state index in [2.05, 4.69) is 26.0 Å². The van der Waals surface area contributed by atoms with E-state index in [-0.39, 0.29) is 32.6 Å². The summed E-state index contributed by atoms with van der Waals surface area (Å²) in [5.41, 5.74) is 1.67. The Balaban J connectivity index is 1.59. The van der Waals surface area contributed by atoms with Gasteiger partial charge in [-0.3, -0.25) is 4.68 Å². The molecule has 4 rings (SSSR count). The van der Waals surface area contributed by atoms with Gasteiger partial charge in [0, 0.05) is 24.4 Å². The van der Waals surface area contributed by atoms with Crippen LogP contribution in [0.3, 0.4) is 0 Å². The zero-order valence-electron chi connectivity index (χ0n) is 17.4. The molecule has 1 aliphatic rings. The van der Waals surface area contributed by atoms with E-state index in [4.69, 9.17) is 16.3 Å². The van der Waals surface area contributed by atoms with Gasteiger partial charge < -0.3 is 9.53 Å². The third-order valence-corrected chi connectivity index (χ3v) is 8.19. The van der Waals surface area contributed by atoms with Crippen LogP contribution >= 0.6 is 27.5 Å². The lowest BCUT2D eigenvalue weighted by atomic mass is 9.93. The molecular weight excluding hydrogens is 539 g/mol. The van der Waals surface area contributed by atoms with Gasteiger partial charge in [0.15, 0.2) is 0 Å². The third-order valence-electron chi connectivity index (χ3n) is 5.48. The molecule has 0 saturated carbocycles. The molecule has 12 heteroatoms. The zero-order valence-corrected chi connectivity index (χ0v) is 20.6. The first-order valence-electron chi connectivity index (χ1n) is 9.97. The number of sulfonamides is 1. The van der Waals surface area contributed by atoms with Crippen molar-refractivity contribution >= 4 is 43.8 Å². The van der Waals surface area contributed by atoms with Crippen LogP contribution in [-0.2, 0) is 27.8 Å². The average Bonchev–Trinajstić information content (AvgIpc) is 3.20. The summed E-state index contributed by atoms with van der Waals surface area (Å²) in [5.74, 6) is -0.400. The van der Waals surface area contributed by atoms with Gasteiger partial charge in [0.25, 0.3) is 0 Å². The van der Waals surface area contributed by atoms with Gasteiger partial charge in [-0.05, 0) is 53.4 Å². The molecule has 0 aliphatic heterocycles. The molecule has 3 aromatic rings. The molecule has 1 aromatic carbocycles. The molecule has 2 aromatic heterocycles. The molecule has 0 bridgehead atoms. The monoisotopic (exact) mass is 556 g/mol. The van der Waals surface area contributed by atoms with Crippen LogP contribution in [0.15, 0.2) is 46.0 Å². The molecular formula is C21H19BrClFN4O4S. The Labute approximate surface area is 203 Å². The Morgan fingerprint density at radius 1 is 1.36 bits per heavy atom. The summed E-state index contributed by atoms with van der Waals surface area (Å²) < 4.78 is 49.1. The van der Waals surface area contributed by atoms with Gasteiger partial charge in [-0.15, -0.1) is 0 Å². The molecule has 0 saturated heterocycles. The Morgan fingerprint density at radius 2 is 2.15 bits per heavy atom. The highest BCUT2D eigenvalue weighted by atomic mass is 79.9. The van der Waals surface area contributed by atoms with Crippen LogP contribution in [-0.4, -0.2) is 40.8 Å². The lowest BCUT2D eigenvalue weighted by Gasteiger charge is -2.30. The first-order valence-corrected chi connectivity index (χ1v) is 12.6. The number of carbonyl (C=O) groups is 1. The standard InChI is InChI=1S/C21H19BrClFN4O4S/c1-27(19-3-2-4-20-15(19)12-26-28(20)7-8-29)33(30,31)14-10-16(22)21(25-11-14)32-13-5-6-17(23)18(24)9-13/h5-6,8-12,19H,2-4,7H2,1H3/t19-/m1/s1. The molecule has 1 aliphatic carbocycles. The minimum absolute atomic E-state index is 0.0288. The van der Waals surface area contributed by atoms with Gasteiger partial charge in [-0.25, -0.2) is 17.8 Å². The lowest BCUT2D eigenvalue weighted by Crippen LogP contribution is -2.33. The third kappa shape index (κ3) is 4.68. The SMILES string of the molecule is CN([C@@H]1CCCc2c1cnn2CC=O)S(=O)(=O)c1cnc(Oc2ccc(Cl)c(F)c2)c(Br)c1. The highest BCUT2D eigenvalue weighted by Gasteiger charge is 2.34. The summed E-state index contributed by atoms with van der Waals surface area (Å²) in [7, 11) is -2.39. The van der Waals surface area contributed by atoms with Crippen molar-refractivity contribution in [2.24, 2.45) is 0 Å². The average molecular weight is 558 g/mol. The topological polar surface area (TPSA) is 94.4 Å².